The normalized spacial score (nSPS) is 12.1. The van der Waals surface area contributed by atoms with Crippen LogP contribution in [0.15, 0.2) is 35.1 Å². The van der Waals surface area contributed by atoms with Gasteiger partial charge in [-0.15, -0.1) is 0 Å². The molecule has 28 heavy (non-hydrogen) atoms. The Labute approximate surface area is 168 Å². The van der Waals surface area contributed by atoms with E-state index in [1.54, 1.807) is 13.0 Å². The number of aromatic amines is 1. The van der Waals surface area contributed by atoms with Crippen molar-refractivity contribution in [3.05, 3.63) is 63.4 Å². The third-order valence-electron chi connectivity index (χ3n) is 4.40. The third kappa shape index (κ3) is 3.71. The highest BCUT2D eigenvalue weighted by molar-refractivity contribution is 9.10. The van der Waals surface area contributed by atoms with Crippen molar-refractivity contribution in [2.45, 2.75) is 12.7 Å². The number of hydrogen-bond donors (Lipinski definition) is 1. The molecule has 10 heteroatoms. The van der Waals surface area contributed by atoms with Crippen molar-refractivity contribution in [2.24, 2.45) is 0 Å². The van der Waals surface area contributed by atoms with Crippen molar-refractivity contribution in [1.29, 1.82) is 0 Å². The fourth-order valence-corrected chi connectivity index (χ4v) is 4.28. The number of fused-ring (bicyclic) bond motifs is 1. The Hall–Kier alpha value is -2.17. The predicted octanol–water partition coefficient (Wildman–Crippen LogP) is 3.62. The number of benzene rings is 1. The summed E-state index contributed by atoms with van der Waals surface area (Å²) in [7, 11) is -2.44. The van der Waals surface area contributed by atoms with E-state index in [2.05, 4.69) is 25.9 Å². The number of H-pyrrole nitrogens is 1. The Kier molecular flexibility index (Phi) is 5.64. The minimum Gasteiger partial charge on any atom is -0.345 e. The van der Waals surface area contributed by atoms with Gasteiger partial charge in [0.25, 0.3) is 0 Å². The van der Waals surface area contributed by atoms with E-state index in [0.29, 0.717) is 15.5 Å². The molecule has 0 amide bonds. The molecule has 0 saturated carbocycles. The second-order valence-electron chi connectivity index (χ2n) is 6.15. The standard InChI is InChI=1S/C18H16BrF2N3O3S/c1-3-24(2)28(26,27)9-10-4-5-14(20)15(16(10)21)17(25)13-8-23-18-12(13)6-11(19)7-22-18/h4-8H,3,9H2,1-2H3,(H,22,23). The number of rotatable bonds is 6. The van der Waals surface area contributed by atoms with E-state index < -0.39 is 38.8 Å². The number of carbonyl (C=O) groups is 1. The molecule has 3 aromatic rings. The fourth-order valence-electron chi connectivity index (χ4n) is 2.72. The summed E-state index contributed by atoms with van der Waals surface area (Å²) < 4.78 is 55.5. The molecule has 6 nitrogen and oxygen atoms in total. The maximum absolute atomic E-state index is 15.0. The van der Waals surface area contributed by atoms with Crippen LogP contribution < -0.4 is 0 Å². The third-order valence-corrected chi connectivity index (χ3v) is 6.72. The van der Waals surface area contributed by atoms with E-state index in [0.717, 1.165) is 16.4 Å². The molecular weight excluding hydrogens is 456 g/mol. The number of pyridine rings is 1. The van der Waals surface area contributed by atoms with E-state index >= 15 is 0 Å². The van der Waals surface area contributed by atoms with E-state index in [4.69, 9.17) is 0 Å². The molecule has 0 unspecified atom stereocenters. The van der Waals surface area contributed by atoms with Gasteiger partial charge in [-0.3, -0.25) is 4.79 Å². The summed E-state index contributed by atoms with van der Waals surface area (Å²) in [5.74, 6) is -3.82. The molecule has 0 radical (unpaired) electrons. The Morgan fingerprint density at radius 2 is 2.04 bits per heavy atom. The maximum Gasteiger partial charge on any atom is 0.218 e. The zero-order chi connectivity index (χ0) is 20.6. The van der Waals surface area contributed by atoms with E-state index in [1.807, 2.05) is 0 Å². The monoisotopic (exact) mass is 471 g/mol. The molecule has 2 heterocycles. The molecule has 0 atom stereocenters. The van der Waals surface area contributed by atoms with Crippen LogP contribution in [0.25, 0.3) is 11.0 Å². The van der Waals surface area contributed by atoms with Crippen LogP contribution in [-0.2, 0) is 15.8 Å². The van der Waals surface area contributed by atoms with Crippen molar-refractivity contribution < 1.29 is 22.0 Å². The van der Waals surface area contributed by atoms with Gasteiger partial charge in [0, 0.05) is 47.0 Å². The number of nitrogens with zero attached hydrogens (tertiary/aromatic N) is 2. The summed E-state index contributed by atoms with van der Waals surface area (Å²) in [6.45, 7) is 1.84. The second kappa shape index (κ2) is 7.69. The highest BCUT2D eigenvalue weighted by Gasteiger charge is 2.27. The quantitative estimate of drug-likeness (QED) is 0.556. The van der Waals surface area contributed by atoms with Gasteiger partial charge in [0.2, 0.25) is 15.8 Å². The van der Waals surface area contributed by atoms with Gasteiger partial charge in [-0.05, 0) is 28.1 Å². The van der Waals surface area contributed by atoms with Gasteiger partial charge in [0.1, 0.15) is 17.3 Å². The molecule has 1 N–H and O–H groups in total. The molecule has 0 fully saturated rings. The fraction of sp³-hybridized carbons (Fsp3) is 0.222. The Bertz CT molecular complexity index is 1180. The Balaban J connectivity index is 2.09. The van der Waals surface area contributed by atoms with Crippen molar-refractivity contribution in [3.63, 3.8) is 0 Å². The molecule has 2 aromatic heterocycles. The molecule has 0 saturated heterocycles. The summed E-state index contributed by atoms with van der Waals surface area (Å²) in [5.41, 5.74) is -0.653. The lowest BCUT2D eigenvalue weighted by Gasteiger charge is -2.16. The first-order chi connectivity index (χ1) is 13.2. The summed E-state index contributed by atoms with van der Waals surface area (Å²) in [4.78, 5) is 19.7. The molecule has 3 rings (SSSR count). The van der Waals surface area contributed by atoms with Crippen LogP contribution in [0.1, 0.15) is 28.4 Å². The zero-order valence-corrected chi connectivity index (χ0v) is 17.4. The zero-order valence-electron chi connectivity index (χ0n) is 15.0. The minimum absolute atomic E-state index is 0.0345. The number of hydrogen-bond acceptors (Lipinski definition) is 4. The van der Waals surface area contributed by atoms with Crippen LogP contribution in [0.2, 0.25) is 0 Å². The lowest BCUT2D eigenvalue weighted by Crippen LogP contribution is -2.28. The first-order valence-corrected chi connectivity index (χ1v) is 10.6. The lowest BCUT2D eigenvalue weighted by molar-refractivity contribution is 0.103. The van der Waals surface area contributed by atoms with Crippen LogP contribution in [0, 0.1) is 11.6 Å². The van der Waals surface area contributed by atoms with Crippen molar-refractivity contribution in [1.82, 2.24) is 14.3 Å². The van der Waals surface area contributed by atoms with Gasteiger partial charge in [-0.1, -0.05) is 13.0 Å². The van der Waals surface area contributed by atoms with Gasteiger partial charge < -0.3 is 4.98 Å². The van der Waals surface area contributed by atoms with Crippen LogP contribution in [0.4, 0.5) is 8.78 Å². The Morgan fingerprint density at radius 1 is 1.32 bits per heavy atom. The SMILES string of the molecule is CCN(C)S(=O)(=O)Cc1ccc(F)c(C(=O)c2c[nH]c3ncc(Br)cc23)c1F. The summed E-state index contributed by atoms with van der Waals surface area (Å²) in [6.07, 6.45) is 2.84. The number of ketones is 1. The van der Waals surface area contributed by atoms with Gasteiger partial charge in [0.15, 0.2) is 0 Å². The molecule has 0 bridgehead atoms. The largest absolute Gasteiger partial charge is 0.345 e. The second-order valence-corrected chi connectivity index (χ2v) is 9.14. The van der Waals surface area contributed by atoms with E-state index in [-0.39, 0.29) is 17.7 Å². The van der Waals surface area contributed by atoms with Crippen molar-refractivity contribution in [2.75, 3.05) is 13.6 Å². The summed E-state index contributed by atoms with van der Waals surface area (Å²) in [6, 6.07) is 3.54. The molecule has 0 aliphatic rings. The summed E-state index contributed by atoms with van der Waals surface area (Å²) >= 11 is 3.24. The van der Waals surface area contributed by atoms with Crippen LogP contribution in [-0.4, -0.2) is 42.1 Å². The van der Waals surface area contributed by atoms with Crippen LogP contribution >= 0.6 is 15.9 Å². The molecule has 0 aliphatic heterocycles. The predicted molar refractivity (Wildman–Crippen MR) is 105 cm³/mol. The topological polar surface area (TPSA) is 83.1 Å². The van der Waals surface area contributed by atoms with Crippen molar-refractivity contribution in [3.8, 4) is 0 Å². The number of halogens is 3. The number of carbonyl (C=O) groups excluding carboxylic acids is 1. The lowest BCUT2D eigenvalue weighted by atomic mass is 10.0. The van der Waals surface area contributed by atoms with E-state index in [9.17, 15) is 22.0 Å². The number of sulfonamides is 1. The molecule has 1 aromatic carbocycles. The van der Waals surface area contributed by atoms with Crippen LogP contribution in [0.5, 0.6) is 0 Å². The molecule has 0 spiro atoms. The molecular formula is C18H16BrF2N3O3S. The van der Waals surface area contributed by atoms with Crippen molar-refractivity contribution >= 4 is 42.8 Å². The first kappa shape index (κ1) is 20.6. The highest BCUT2D eigenvalue weighted by atomic mass is 79.9. The molecule has 148 valence electrons. The number of aromatic nitrogens is 2. The van der Waals surface area contributed by atoms with Crippen LogP contribution in [0.3, 0.4) is 0 Å². The first-order valence-electron chi connectivity index (χ1n) is 8.24. The minimum atomic E-state index is -3.80. The number of nitrogens with one attached hydrogen (secondary N) is 1. The van der Waals surface area contributed by atoms with Gasteiger partial charge >= 0.3 is 0 Å². The maximum atomic E-state index is 15.0. The molecule has 0 aliphatic carbocycles. The average molecular weight is 472 g/mol. The van der Waals surface area contributed by atoms with Gasteiger partial charge in [-0.2, -0.15) is 0 Å². The summed E-state index contributed by atoms with van der Waals surface area (Å²) in [5, 5.41) is 0.391. The van der Waals surface area contributed by atoms with Gasteiger partial charge in [-0.25, -0.2) is 26.5 Å². The smallest absolute Gasteiger partial charge is 0.218 e. The average Bonchev–Trinajstić information content (AvgIpc) is 3.06. The van der Waals surface area contributed by atoms with Gasteiger partial charge in [0.05, 0.1) is 11.3 Å². The highest BCUT2D eigenvalue weighted by Crippen LogP contribution is 2.27. The Morgan fingerprint density at radius 3 is 2.71 bits per heavy atom. The van der Waals surface area contributed by atoms with E-state index in [1.165, 1.54) is 19.4 Å².